The van der Waals surface area contributed by atoms with Crippen molar-refractivity contribution < 1.29 is 23.1 Å². The number of pyridine rings is 1. The van der Waals surface area contributed by atoms with E-state index in [4.69, 9.17) is 0 Å². The number of aliphatic hydroxyl groups is 1. The molecule has 0 radical (unpaired) electrons. The maximum absolute atomic E-state index is 13.2. The van der Waals surface area contributed by atoms with E-state index in [1.54, 1.807) is 12.1 Å². The van der Waals surface area contributed by atoms with Crippen molar-refractivity contribution in [2.75, 3.05) is 0 Å². The van der Waals surface area contributed by atoms with Crippen molar-refractivity contribution in [3.8, 4) is 0 Å². The Morgan fingerprint density at radius 3 is 2.50 bits per heavy atom. The van der Waals surface area contributed by atoms with E-state index < -0.39 is 29.9 Å². The van der Waals surface area contributed by atoms with Crippen molar-refractivity contribution in [2.24, 2.45) is 5.10 Å². The van der Waals surface area contributed by atoms with Gasteiger partial charge in [0.05, 0.1) is 12.0 Å². The molecule has 136 valence electrons. The zero-order valence-electron chi connectivity index (χ0n) is 13.9. The molecule has 5 nitrogen and oxygen atoms in total. The van der Waals surface area contributed by atoms with E-state index in [2.05, 4.69) is 10.1 Å². The second-order valence-electron chi connectivity index (χ2n) is 5.95. The van der Waals surface area contributed by atoms with Crippen molar-refractivity contribution in [3.05, 3.63) is 65.5 Å². The minimum Gasteiger partial charge on any atom is -0.365 e. The van der Waals surface area contributed by atoms with Crippen LogP contribution in [0.3, 0.4) is 0 Å². The van der Waals surface area contributed by atoms with Gasteiger partial charge in [0, 0.05) is 18.0 Å². The molecule has 0 bridgehead atoms. The Morgan fingerprint density at radius 2 is 1.96 bits per heavy atom. The van der Waals surface area contributed by atoms with Gasteiger partial charge < -0.3 is 5.11 Å². The van der Waals surface area contributed by atoms with E-state index in [0.29, 0.717) is 5.01 Å². The Balaban J connectivity index is 2.05. The van der Waals surface area contributed by atoms with E-state index in [9.17, 15) is 23.1 Å². The normalized spacial score (nSPS) is 20.2. The minimum atomic E-state index is -4.75. The molecule has 8 heteroatoms. The number of hydrogen-bond donors (Lipinski definition) is 1. The van der Waals surface area contributed by atoms with Crippen LogP contribution in [0.4, 0.5) is 13.2 Å². The van der Waals surface area contributed by atoms with Gasteiger partial charge in [-0.05, 0) is 24.1 Å². The van der Waals surface area contributed by atoms with Crippen LogP contribution >= 0.6 is 0 Å². The molecule has 0 fully saturated rings. The maximum Gasteiger partial charge on any atom is 0.431 e. The maximum atomic E-state index is 13.2. The smallest absolute Gasteiger partial charge is 0.365 e. The first-order valence-corrected chi connectivity index (χ1v) is 7.97. The predicted molar refractivity (Wildman–Crippen MR) is 88.2 cm³/mol. The number of hydrogen-bond acceptors (Lipinski definition) is 4. The third-order valence-electron chi connectivity index (χ3n) is 4.24. The monoisotopic (exact) mass is 363 g/mol. The molecule has 2 heterocycles. The number of hydrazone groups is 1. The molecule has 26 heavy (non-hydrogen) atoms. The highest BCUT2D eigenvalue weighted by atomic mass is 19.4. The largest absolute Gasteiger partial charge is 0.431 e. The molecule has 1 atom stereocenters. The number of rotatable bonds is 3. The van der Waals surface area contributed by atoms with Crippen LogP contribution in [0.5, 0.6) is 0 Å². The highest BCUT2D eigenvalue weighted by molar-refractivity contribution is 5.99. The number of aryl methyl sites for hydroxylation is 1. The molecule has 1 aliphatic heterocycles. The van der Waals surface area contributed by atoms with Crippen LogP contribution in [-0.4, -0.2) is 32.9 Å². The van der Waals surface area contributed by atoms with Gasteiger partial charge in [0.1, 0.15) is 5.71 Å². The lowest BCUT2D eigenvalue weighted by Crippen LogP contribution is -2.43. The Bertz CT molecular complexity index is 835. The molecule has 1 aliphatic rings. The lowest BCUT2D eigenvalue weighted by molar-refractivity contribution is -0.0816. The van der Waals surface area contributed by atoms with E-state index in [1.165, 1.54) is 36.7 Å². The van der Waals surface area contributed by atoms with Crippen LogP contribution in [0, 0.1) is 0 Å². The van der Waals surface area contributed by atoms with E-state index >= 15 is 0 Å². The summed E-state index contributed by atoms with van der Waals surface area (Å²) in [7, 11) is 0. The fourth-order valence-corrected chi connectivity index (χ4v) is 2.76. The molecule has 1 N–H and O–H groups in total. The van der Waals surface area contributed by atoms with Gasteiger partial charge in [-0.1, -0.05) is 31.2 Å². The summed E-state index contributed by atoms with van der Waals surface area (Å²) in [5, 5.41) is 14.9. The van der Waals surface area contributed by atoms with Gasteiger partial charge >= 0.3 is 6.18 Å². The van der Waals surface area contributed by atoms with Gasteiger partial charge in [-0.15, -0.1) is 0 Å². The summed E-state index contributed by atoms with van der Waals surface area (Å²) in [6.07, 6.45) is -2.21. The fourth-order valence-electron chi connectivity index (χ4n) is 2.76. The van der Waals surface area contributed by atoms with E-state index in [0.717, 1.165) is 12.0 Å². The number of nitrogens with zero attached hydrogens (tertiary/aromatic N) is 3. The average molecular weight is 363 g/mol. The lowest BCUT2D eigenvalue weighted by Gasteiger charge is -2.31. The fraction of sp³-hybridized carbons (Fsp3) is 0.278. The molecular formula is C18H16F3N3O2. The van der Waals surface area contributed by atoms with E-state index in [1.807, 2.05) is 6.92 Å². The van der Waals surface area contributed by atoms with E-state index in [-0.39, 0.29) is 11.1 Å². The number of amides is 1. The van der Waals surface area contributed by atoms with Crippen LogP contribution in [0.15, 0.2) is 53.9 Å². The number of benzene rings is 1. The molecule has 1 aromatic carbocycles. The Morgan fingerprint density at radius 1 is 1.27 bits per heavy atom. The van der Waals surface area contributed by atoms with Crippen LogP contribution < -0.4 is 0 Å². The average Bonchev–Trinajstić information content (AvgIpc) is 3.01. The van der Waals surface area contributed by atoms with Crippen molar-refractivity contribution in [2.45, 2.75) is 31.7 Å². The van der Waals surface area contributed by atoms with Crippen molar-refractivity contribution in [1.29, 1.82) is 0 Å². The predicted octanol–water partition coefficient (Wildman–Crippen LogP) is 3.25. The summed E-state index contributed by atoms with van der Waals surface area (Å²) >= 11 is 0. The number of halogens is 3. The molecule has 1 amide bonds. The molecule has 2 aromatic rings. The molecule has 3 rings (SSSR count). The number of carbonyl (C=O) groups is 1. The van der Waals surface area contributed by atoms with Crippen molar-refractivity contribution in [3.63, 3.8) is 0 Å². The molecule has 1 aromatic heterocycles. The van der Waals surface area contributed by atoms with Crippen LogP contribution in [-0.2, 0) is 12.1 Å². The molecule has 0 saturated heterocycles. The van der Waals surface area contributed by atoms with Crippen molar-refractivity contribution >= 4 is 11.6 Å². The number of carbonyl (C=O) groups excluding carboxylic acids is 1. The van der Waals surface area contributed by atoms with Crippen LogP contribution in [0.25, 0.3) is 0 Å². The summed E-state index contributed by atoms with van der Waals surface area (Å²) in [5.74, 6) is -0.862. The van der Waals surface area contributed by atoms with Gasteiger partial charge in [-0.2, -0.15) is 23.3 Å². The number of aromatic nitrogens is 1. The lowest BCUT2D eigenvalue weighted by atomic mass is 9.95. The first-order chi connectivity index (χ1) is 12.3. The Labute approximate surface area is 147 Å². The highest BCUT2D eigenvalue weighted by Crippen LogP contribution is 2.40. The van der Waals surface area contributed by atoms with Gasteiger partial charge in [0.15, 0.2) is 5.72 Å². The summed E-state index contributed by atoms with van der Waals surface area (Å²) in [6, 6.07) is 9.30. The molecule has 1 unspecified atom stereocenters. The van der Waals surface area contributed by atoms with Crippen LogP contribution in [0.1, 0.15) is 34.8 Å². The first-order valence-electron chi connectivity index (χ1n) is 7.97. The SMILES string of the molecule is CCc1ccc(C2(O)CC(C(F)(F)F)=NN2C(=O)c2cccnc2)cc1. The topological polar surface area (TPSA) is 65.8 Å². The second kappa shape index (κ2) is 6.53. The zero-order chi connectivity index (χ0) is 18.9. The quantitative estimate of drug-likeness (QED) is 0.910. The summed E-state index contributed by atoms with van der Waals surface area (Å²) in [6.45, 7) is 1.93. The molecule has 0 saturated carbocycles. The minimum absolute atomic E-state index is 0.0308. The van der Waals surface area contributed by atoms with Gasteiger partial charge in [0.25, 0.3) is 5.91 Å². The third kappa shape index (κ3) is 3.20. The zero-order valence-corrected chi connectivity index (χ0v) is 13.9. The summed E-state index contributed by atoms with van der Waals surface area (Å²) in [5.41, 5.74) is -2.28. The third-order valence-corrected chi connectivity index (χ3v) is 4.24. The van der Waals surface area contributed by atoms with Crippen LogP contribution in [0.2, 0.25) is 0 Å². The standard InChI is InChI=1S/C18H16F3N3O2/c1-2-12-5-7-14(8-6-12)17(26)10-15(18(19,20)21)23-24(17)16(25)13-4-3-9-22-11-13/h3-9,11,26H,2,10H2,1H3. The molecule has 0 aliphatic carbocycles. The first kappa shape index (κ1) is 18.1. The highest BCUT2D eigenvalue weighted by Gasteiger charge is 2.53. The Kier molecular flexibility index (Phi) is 4.53. The summed E-state index contributed by atoms with van der Waals surface area (Å²) in [4.78, 5) is 16.5. The van der Waals surface area contributed by atoms with Gasteiger partial charge in [0.2, 0.25) is 0 Å². The molecule has 0 spiro atoms. The summed E-state index contributed by atoms with van der Waals surface area (Å²) < 4.78 is 39.6. The van der Waals surface area contributed by atoms with Crippen molar-refractivity contribution in [1.82, 2.24) is 9.99 Å². The second-order valence-corrected chi connectivity index (χ2v) is 5.95. The Hall–Kier alpha value is -2.74. The van der Waals surface area contributed by atoms with Gasteiger partial charge in [-0.25, -0.2) is 0 Å². The number of alkyl halides is 3. The molecular weight excluding hydrogens is 347 g/mol. The van der Waals surface area contributed by atoms with Gasteiger partial charge in [-0.3, -0.25) is 9.78 Å².